The Hall–Kier alpha value is -1.98. The van der Waals surface area contributed by atoms with Crippen LogP contribution in [0.1, 0.15) is 45.4 Å². The van der Waals surface area contributed by atoms with E-state index in [0.29, 0.717) is 5.56 Å². The molecule has 0 aliphatic rings. The Kier molecular flexibility index (Phi) is 9.56. The van der Waals surface area contributed by atoms with Crippen LogP contribution in [0.15, 0.2) is 0 Å². The number of carbonyl (C=O) groups excluding carboxylic acids is 3. The fourth-order valence-corrected chi connectivity index (χ4v) is 3.99. The summed E-state index contributed by atoms with van der Waals surface area (Å²) >= 11 is 0.907. The summed E-state index contributed by atoms with van der Waals surface area (Å²) in [4.78, 5) is 36.9. The van der Waals surface area contributed by atoms with Gasteiger partial charge >= 0.3 is 11.9 Å². The van der Waals surface area contributed by atoms with E-state index < -0.39 is 27.7 Å². The van der Waals surface area contributed by atoms with Crippen molar-refractivity contribution in [3.63, 3.8) is 0 Å². The van der Waals surface area contributed by atoms with Crippen LogP contribution < -0.4 is 5.32 Å². The summed E-state index contributed by atoms with van der Waals surface area (Å²) in [6.07, 6.45) is 1.20. The van der Waals surface area contributed by atoms with Crippen molar-refractivity contribution in [1.82, 2.24) is 0 Å². The molecule has 0 aromatic carbocycles. The van der Waals surface area contributed by atoms with E-state index in [4.69, 9.17) is 14.2 Å². The van der Waals surface area contributed by atoms with Gasteiger partial charge < -0.3 is 19.5 Å². The van der Waals surface area contributed by atoms with Crippen LogP contribution in [0.2, 0.25) is 0 Å². The Labute approximate surface area is 168 Å². The highest BCUT2D eigenvalue weighted by Gasteiger charge is 2.27. The molecule has 1 aromatic heterocycles. The summed E-state index contributed by atoms with van der Waals surface area (Å²) in [7, 11) is -1.70. The maximum atomic E-state index is 12.3. The number of thiophene rings is 1. The quantitative estimate of drug-likeness (QED) is 0.412. The third kappa shape index (κ3) is 7.56. The van der Waals surface area contributed by atoms with E-state index >= 15 is 0 Å². The van der Waals surface area contributed by atoms with Crippen LogP contribution in [0.3, 0.4) is 0 Å². The van der Waals surface area contributed by atoms with Crippen molar-refractivity contribution >= 4 is 44.0 Å². The molecular weight excluding hydrogens is 410 g/mol. The molecule has 9 nitrogen and oxygen atoms in total. The van der Waals surface area contributed by atoms with Gasteiger partial charge in [0.05, 0.1) is 24.5 Å². The molecule has 158 valence electrons. The number of rotatable bonds is 11. The first kappa shape index (κ1) is 24.1. The van der Waals surface area contributed by atoms with E-state index in [1.807, 2.05) is 0 Å². The van der Waals surface area contributed by atoms with Crippen LogP contribution in [-0.2, 0) is 28.8 Å². The minimum Gasteiger partial charge on any atom is -0.462 e. The van der Waals surface area contributed by atoms with E-state index in [-0.39, 0.29) is 53.9 Å². The lowest BCUT2D eigenvalue weighted by Gasteiger charge is -2.07. The molecule has 1 amide bonds. The second kappa shape index (κ2) is 11.1. The topological polar surface area (TPSA) is 125 Å². The molecule has 28 heavy (non-hydrogen) atoms. The minimum absolute atomic E-state index is 0.0418. The summed E-state index contributed by atoms with van der Waals surface area (Å²) in [6, 6.07) is 0. The second-order valence-corrected chi connectivity index (χ2v) is 9.17. The minimum atomic E-state index is -3.17. The van der Waals surface area contributed by atoms with Gasteiger partial charge in [-0.1, -0.05) is 0 Å². The van der Waals surface area contributed by atoms with Crippen molar-refractivity contribution in [2.75, 3.05) is 44.3 Å². The Morgan fingerprint density at radius 3 is 2.36 bits per heavy atom. The Balaban J connectivity index is 3.01. The average Bonchev–Trinajstić information content (AvgIpc) is 2.90. The van der Waals surface area contributed by atoms with Crippen molar-refractivity contribution in [2.45, 2.75) is 26.7 Å². The summed E-state index contributed by atoms with van der Waals surface area (Å²) in [5.74, 6) is -1.89. The third-order valence-electron chi connectivity index (χ3n) is 3.50. The number of methoxy groups -OCH3 is 1. The van der Waals surface area contributed by atoms with Crippen LogP contribution >= 0.6 is 11.3 Å². The SMILES string of the molecule is CCOC(=O)c1c(NC(=O)CCCS(C)(=O)=O)sc(C(=O)OCCOC)c1C. The Bertz CT molecular complexity index is 813. The van der Waals surface area contributed by atoms with Gasteiger partial charge in [-0.05, 0) is 25.8 Å². The Morgan fingerprint density at radius 2 is 1.79 bits per heavy atom. The molecule has 1 N–H and O–H groups in total. The van der Waals surface area contributed by atoms with Crippen LogP contribution in [0.5, 0.6) is 0 Å². The first-order chi connectivity index (χ1) is 13.1. The number of anilines is 1. The number of ether oxygens (including phenoxy) is 3. The van der Waals surface area contributed by atoms with Gasteiger partial charge in [-0.25, -0.2) is 18.0 Å². The van der Waals surface area contributed by atoms with Crippen molar-refractivity contribution < 1.29 is 37.0 Å². The Morgan fingerprint density at radius 1 is 1.11 bits per heavy atom. The molecule has 0 spiro atoms. The smallest absolute Gasteiger partial charge is 0.348 e. The van der Waals surface area contributed by atoms with Gasteiger partial charge in [0, 0.05) is 19.8 Å². The molecular formula is C17H25NO8S2. The molecule has 0 bridgehead atoms. The summed E-state index contributed by atoms with van der Waals surface area (Å²) in [5, 5.41) is 2.74. The fraction of sp³-hybridized carbons (Fsp3) is 0.588. The number of hydrogen-bond acceptors (Lipinski definition) is 9. The highest BCUT2D eigenvalue weighted by Crippen LogP contribution is 2.34. The van der Waals surface area contributed by atoms with Gasteiger partial charge in [0.1, 0.15) is 26.3 Å². The molecule has 0 unspecified atom stereocenters. The van der Waals surface area contributed by atoms with Gasteiger partial charge in [0.2, 0.25) is 5.91 Å². The summed E-state index contributed by atoms with van der Waals surface area (Å²) in [6.45, 7) is 3.61. The molecule has 0 aliphatic heterocycles. The van der Waals surface area contributed by atoms with E-state index in [0.717, 1.165) is 17.6 Å². The summed E-state index contributed by atoms with van der Waals surface area (Å²) < 4.78 is 37.2. The summed E-state index contributed by atoms with van der Waals surface area (Å²) in [5.41, 5.74) is 0.430. The maximum absolute atomic E-state index is 12.3. The number of carbonyl (C=O) groups is 3. The van der Waals surface area contributed by atoms with E-state index in [1.54, 1.807) is 13.8 Å². The first-order valence-corrected chi connectivity index (χ1v) is 11.4. The number of esters is 2. The molecule has 0 saturated heterocycles. The zero-order valence-corrected chi connectivity index (χ0v) is 18.0. The average molecular weight is 436 g/mol. The standard InChI is InChI=1S/C17H25NO8S2/c1-5-25-16(20)13-11(2)14(17(21)26-9-8-24-3)27-15(13)18-12(19)7-6-10-28(4,22)23/h5-10H2,1-4H3,(H,18,19). The van der Waals surface area contributed by atoms with Crippen LogP contribution in [0.25, 0.3) is 0 Å². The molecule has 11 heteroatoms. The van der Waals surface area contributed by atoms with Gasteiger partial charge in [-0.2, -0.15) is 0 Å². The molecule has 0 radical (unpaired) electrons. The lowest BCUT2D eigenvalue weighted by Crippen LogP contribution is -2.16. The van der Waals surface area contributed by atoms with Gasteiger partial charge in [0.25, 0.3) is 0 Å². The zero-order valence-electron chi connectivity index (χ0n) is 16.3. The zero-order chi connectivity index (χ0) is 21.3. The third-order valence-corrected chi connectivity index (χ3v) is 5.72. The van der Waals surface area contributed by atoms with Gasteiger partial charge in [0.15, 0.2) is 0 Å². The van der Waals surface area contributed by atoms with Gasteiger partial charge in [-0.3, -0.25) is 4.79 Å². The highest BCUT2D eigenvalue weighted by atomic mass is 32.2. The fourth-order valence-electron chi connectivity index (χ4n) is 2.21. The number of nitrogens with one attached hydrogen (secondary N) is 1. The molecule has 0 aliphatic carbocycles. The van der Waals surface area contributed by atoms with Crippen LogP contribution in [0.4, 0.5) is 5.00 Å². The molecule has 1 aromatic rings. The van der Waals surface area contributed by atoms with Crippen molar-refractivity contribution in [3.05, 3.63) is 16.0 Å². The monoisotopic (exact) mass is 435 g/mol. The maximum Gasteiger partial charge on any atom is 0.348 e. The predicted molar refractivity (Wildman–Crippen MR) is 105 cm³/mol. The molecule has 1 rings (SSSR count). The second-order valence-electron chi connectivity index (χ2n) is 5.89. The number of amides is 1. The van der Waals surface area contributed by atoms with Crippen LogP contribution in [-0.4, -0.2) is 65.2 Å². The van der Waals surface area contributed by atoms with Crippen molar-refractivity contribution in [1.29, 1.82) is 0 Å². The molecule has 0 saturated carbocycles. The van der Waals surface area contributed by atoms with Gasteiger partial charge in [-0.15, -0.1) is 11.3 Å². The van der Waals surface area contributed by atoms with E-state index in [1.165, 1.54) is 7.11 Å². The lowest BCUT2D eigenvalue weighted by atomic mass is 10.1. The molecule has 0 atom stereocenters. The van der Waals surface area contributed by atoms with E-state index in [2.05, 4.69) is 5.32 Å². The van der Waals surface area contributed by atoms with Crippen molar-refractivity contribution in [2.24, 2.45) is 0 Å². The molecule has 1 heterocycles. The highest BCUT2D eigenvalue weighted by molar-refractivity contribution is 7.90. The van der Waals surface area contributed by atoms with E-state index in [9.17, 15) is 22.8 Å². The first-order valence-electron chi connectivity index (χ1n) is 8.54. The molecule has 0 fully saturated rings. The van der Waals surface area contributed by atoms with Crippen molar-refractivity contribution in [3.8, 4) is 0 Å². The number of sulfone groups is 1. The predicted octanol–water partition coefficient (Wildman–Crippen LogP) is 1.80. The lowest BCUT2D eigenvalue weighted by molar-refractivity contribution is -0.116. The largest absolute Gasteiger partial charge is 0.462 e. The number of hydrogen-bond donors (Lipinski definition) is 1. The van der Waals surface area contributed by atoms with Crippen LogP contribution in [0, 0.1) is 6.92 Å². The normalized spacial score (nSPS) is 11.1.